The van der Waals surface area contributed by atoms with Crippen molar-refractivity contribution in [2.24, 2.45) is 0 Å². The molecule has 1 aliphatic heterocycles. The average Bonchev–Trinajstić information content (AvgIpc) is 3.12. The molecule has 0 bridgehead atoms. The number of benzene rings is 1. The zero-order chi connectivity index (χ0) is 17.8. The molecule has 0 amide bonds. The van der Waals surface area contributed by atoms with E-state index in [0.717, 1.165) is 46.9 Å². The zero-order valence-corrected chi connectivity index (χ0v) is 14.6. The maximum atomic E-state index is 5.71. The van der Waals surface area contributed by atoms with Gasteiger partial charge in [-0.3, -0.25) is 5.10 Å². The molecule has 136 valence electrons. The van der Waals surface area contributed by atoms with Crippen LogP contribution in [0.1, 0.15) is 0 Å². The van der Waals surface area contributed by atoms with Crippen molar-refractivity contribution in [3.8, 4) is 17.1 Å². The van der Waals surface area contributed by atoms with Gasteiger partial charge in [0, 0.05) is 31.7 Å². The summed E-state index contributed by atoms with van der Waals surface area (Å²) in [6.07, 6.45) is 1.58. The lowest BCUT2D eigenvalue weighted by Crippen LogP contribution is -2.36. The lowest BCUT2D eigenvalue weighted by atomic mass is 10.1. The fourth-order valence-corrected chi connectivity index (χ4v) is 2.96. The third-order valence-corrected chi connectivity index (χ3v) is 4.32. The molecule has 1 saturated heterocycles. The summed E-state index contributed by atoms with van der Waals surface area (Å²) in [6.45, 7) is 4.14. The number of nitrogens with one attached hydrogen (secondary N) is 1. The number of aromatic amines is 1. The van der Waals surface area contributed by atoms with E-state index in [0.29, 0.717) is 26.4 Å². The maximum Gasteiger partial charge on any atom is 0.132 e. The molecule has 26 heavy (non-hydrogen) atoms. The molecule has 1 aromatic carbocycles. The molecule has 2 aromatic heterocycles. The Bertz CT molecular complexity index is 876. The number of anilines is 1. The SMILES string of the molecule is COCCOc1ccc2[nH]nc(-c3cc(N4CCOCC4)ncn3)c2c1. The average molecular weight is 355 g/mol. The topological polar surface area (TPSA) is 85.4 Å². The van der Waals surface area contributed by atoms with Crippen LogP contribution in [0.25, 0.3) is 22.3 Å². The fraction of sp³-hybridized carbons (Fsp3) is 0.389. The first-order valence-electron chi connectivity index (χ1n) is 8.60. The molecule has 0 spiro atoms. The van der Waals surface area contributed by atoms with Gasteiger partial charge in [-0.2, -0.15) is 5.10 Å². The van der Waals surface area contributed by atoms with Crippen LogP contribution in [-0.4, -0.2) is 66.8 Å². The van der Waals surface area contributed by atoms with Crippen molar-refractivity contribution in [3.05, 3.63) is 30.6 Å². The molecule has 3 heterocycles. The van der Waals surface area contributed by atoms with E-state index in [4.69, 9.17) is 14.2 Å². The van der Waals surface area contributed by atoms with Gasteiger partial charge in [-0.1, -0.05) is 0 Å². The van der Waals surface area contributed by atoms with E-state index in [1.165, 1.54) is 0 Å². The van der Waals surface area contributed by atoms with Crippen molar-refractivity contribution >= 4 is 16.7 Å². The van der Waals surface area contributed by atoms with Crippen LogP contribution in [0.15, 0.2) is 30.6 Å². The van der Waals surface area contributed by atoms with Crippen molar-refractivity contribution in [1.82, 2.24) is 20.2 Å². The van der Waals surface area contributed by atoms with E-state index in [-0.39, 0.29) is 0 Å². The monoisotopic (exact) mass is 355 g/mol. The van der Waals surface area contributed by atoms with E-state index in [1.54, 1.807) is 13.4 Å². The van der Waals surface area contributed by atoms with E-state index < -0.39 is 0 Å². The van der Waals surface area contributed by atoms with Crippen molar-refractivity contribution in [1.29, 1.82) is 0 Å². The molecule has 8 nitrogen and oxygen atoms in total. The van der Waals surface area contributed by atoms with Crippen LogP contribution in [0, 0.1) is 0 Å². The maximum absolute atomic E-state index is 5.71. The molecule has 8 heteroatoms. The Labute approximate surface area is 151 Å². The van der Waals surface area contributed by atoms with Crippen molar-refractivity contribution in [2.75, 3.05) is 51.5 Å². The highest BCUT2D eigenvalue weighted by atomic mass is 16.5. The van der Waals surface area contributed by atoms with Gasteiger partial charge < -0.3 is 19.1 Å². The summed E-state index contributed by atoms with van der Waals surface area (Å²) in [5.41, 5.74) is 2.50. The summed E-state index contributed by atoms with van der Waals surface area (Å²) in [7, 11) is 1.65. The number of H-pyrrole nitrogens is 1. The Hall–Kier alpha value is -2.71. The van der Waals surface area contributed by atoms with Gasteiger partial charge in [0.05, 0.1) is 31.0 Å². The van der Waals surface area contributed by atoms with Crippen LogP contribution >= 0.6 is 0 Å². The molecule has 1 N–H and O–H groups in total. The summed E-state index contributed by atoms with van der Waals surface area (Å²) in [4.78, 5) is 11.0. The minimum atomic E-state index is 0.504. The molecule has 0 atom stereocenters. The first-order valence-corrected chi connectivity index (χ1v) is 8.60. The molecule has 0 unspecified atom stereocenters. The van der Waals surface area contributed by atoms with Gasteiger partial charge >= 0.3 is 0 Å². The second-order valence-corrected chi connectivity index (χ2v) is 5.98. The smallest absolute Gasteiger partial charge is 0.132 e. The van der Waals surface area contributed by atoms with E-state index in [2.05, 4.69) is 25.1 Å². The zero-order valence-electron chi connectivity index (χ0n) is 14.6. The standard InChI is InChI=1S/C18H21N5O3/c1-24-8-9-26-13-2-3-15-14(10-13)18(22-21-15)16-11-17(20-12-19-16)23-4-6-25-7-5-23/h2-3,10-12H,4-9H2,1H3,(H,21,22). The van der Waals surface area contributed by atoms with Gasteiger partial charge in [-0.25, -0.2) is 9.97 Å². The van der Waals surface area contributed by atoms with Crippen LogP contribution < -0.4 is 9.64 Å². The molecular formula is C18H21N5O3. The molecule has 1 fully saturated rings. The Kier molecular flexibility index (Phi) is 4.94. The van der Waals surface area contributed by atoms with Gasteiger partial charge in [-0.15, -0.1) is 0 Å². The Morgan fingerprint density at radius 1 is 1.15 bits per heavy atom. The van der Waals surface area contributed by atoms with Crippen molar-refractivity contribution in [2.45, 2.75) is 0 Å². The molecular weight excluding hydrogens is 334 g/mol. The largest absolute Gasteiger partial charge is 0.491 e. The van der Waals surface area contributed by atoms with Crippen LogP contribution in [0.2, 0.25) is 0 Å². The van der Waals surface area contributed by atoms with Gasteiger partial charge in [-0.05, 0) is 18.2 Å². The highest BCUT2D eigenvalue weighted by molar-refractivity contribution is 5.93. The van der Waals surface area contributed by atoms with Crippen molar-refractivity contribution < 1.29 is 14.2 Å². The van der Waals surface area contributed by atoms with E-state index in [1.807, 2.05) is 24.3 Å². The quantitative estimate of drug-likeness (QED) is 0.676. The number of methoxy groups -OCH3 is 1. The predicted octanol–water partition coefficient (Wildman–Crippen LogP) is 1.88. The summed E-state index contributed by atoms with van der Waals surface area (Å²) in [5.74, 6) is 1.67. The normalized spacial score (nSPS) is 14.7. The third kappa shape index (κ3) is 3.47. The predicted molar refractivity (Wildman–Crippen MR) is 97.5 cm³/mol. The summed E-state index contributed by atoms with van der Waals surface area (Å²) in [5, 5.41) is 8.47. The minimum Gasteiger partial charge on any atom is -0.491 e. The molecule has 4 rings (SSSR count). The minimum absolute atomic E-state index is 0.504. The number of aromatic nitrogens is 4. The summed E-state index contributed by atoms with van der Waals surface area (Å²) >= 11 is 0. The number of hydrogen-bond donors (Lipinski definition) is 1. The first-order chi connectivity index (χ1) is 12.8. The number of morpholine rings is 1. The van der Waals surface area contributed by atoms with Gasteiger partial charge in [0.15, 0.2) is 0 Å². The Morgan fingerprint density at radius 3 is 2.88 bits per heavy atom. The van der Waals surface area contributed by atoms with Gasteiger partial charge in [0.25, 0.3) is 0 Å². The Morgan fingerprint density at radius 2 is 2.04 bits per heavy atom. The van der Waals surface area contributed by atoms with E-state index in [9.17, 15) is 0 Å². The van der Waals surface area contributed by atoms with E-state index >= 15 is 0 Å². The lowest BCUT2D eigenvalue weighted by molar-refractivity contribution is 0.122. The van der Waals surface area contributed by atoms with Gasteiger partial charge in [0.1, 0.15) is 30.2 Å². The van der Waals surface area contributed by atoms with Crippen LogP contribution in [0.3, 0.4) is 0 Å². The summed E-state index contributed by atoms with van der Waals surface area (Å²) in [6, 6.07) is 7.82. The van der Waals surface area contributed by atoms with Crippen LogP contribution in [0.4, 0.5) is 5.82 Å². The highest BCUT2D eigenvalue weighted by Crippen LogP contribution is 2.29. The first kappa shape index (κ1) is 16.7. The number of hydrogen-bond acceptors (Lipinski definition) is 7. The molecule has 1 aliphatic rings. The number of fused-ring (bicyclic) bond motifs is 1. The van der Waals surface area contributed by atoms with Gasteiger partial charge in [0.2, 0.25) is 0 Å². The lowest BCUT2D eigenvalue weighted by Gasteiger charge is -2.27. The van der Waals surface area contributed by atoms with Crippen molar-refractivity contribution in [3.63, 3.8) is 0 Å². The van der Waals surface area contributed by atoms with Crippen LogP contribution in [0.5, 0.6) is 5.75 Å². The molecule has 0 radical (unpaired) electrons. The fourth-order valence-electron chi connectivity index (χ4n) is 2.96. The third-order valence-electron chi connectivity index (χ3n) is 4.32. The number of ether oxygens (including phenoxy) is 3. The van der Waals surface area contributed by atoms with Crippen LogP contribution in [-0.2, 0) is 9.47 Å². The highest BCUT2D eigenvalue weighted by Gasteiger charge is 2.16. The Balaban J connectivity index is 1.64. The molecule has 0 saturated carbocycles. The second kappa shape index (κ2) is 7.67. The number of nitrogens with zero attached hydrogens (tertiary/aromatic N) is 4. The molecule has 0 aliphatic carbocycles. The second-order valence-electron chi connectivity index (χ2n) is 5.98. The molecule has 3 aromatic rings. The number of rotatable bonds is 6. The summed E-state index contributed by atoms with van der Waals surface area (Å²) < 4.78 is 16.1.